The zero-order valence-electron chi connectivity index (χ0n) is 6.76. The first-order valence-electron chi connectivity index (χ1n) is 3.80. The van der Waals surface area contributed by atoms with E-state index in [-0.39, 0.29) is 12.1 Å². The van der Waals surface area contributed by atoms with Crippen molar-refractivity contribution in [1.82, 2.24) is 0 Å². The van der Waals surface area contributed by atoms with Crippen LogP contribution in [0.2, 0.25) is 0 Å². The SMILES string of the molecule is CC(C)[C@H]1OC(=O)C[C@H]1C. The molecule has 1 aliphatic heterocycles. The maximum absolute atomic E-state index is 10.7. The van der Waals surface area contributed by atoms with Gasteiger partial charge in [0.05, 0.1) is 6.42 Å². The molecule has 0 aromatic rings. The number of hydrogen-bond acceptors (Lipinski definition) is 2. The predicted molar refractivity (Wildman–Crippen MR) is 38.5 cm³/mol. The Morgan fingerprint density at radius 1 is 1.60 bits per heavy atom. The van der Waals surface area contributed by atoms with Gasteiger partial charge >= 0.3 is 5.97 Å². The number of carbonyl (C=O) groups excluding carboxylic acids is 1. The molecule has 0 aromatic heterocycles. The molecule has 2 atom stereocenters. The van der Waals surface area contributed by atoms with Crippen LogP contribution >= 0.6 is 0 Å². The van der Waals surface area contributed by atoms with Crippen molar-refractivity contribution in [1.29, 1.82) is 0 Å². The molecule has 0 spiro atoms. The van der Waals surface area contributed by atoms with Crippen LogP contribution in [0.15, 0.2) is 0 Å². The maximum Gasteiger partial charge on any atom is 0.306 e. The van der Waals surface area contributed by atoms with E-state index in [1.54, 1.807) is 0 Å². The Morgan fingerprint density at radius 3 is 2.40 bits per heavy atom. The molecule has 1 aliphatic rings. The molecule has 0 unspecified atom stereocenters. The number of ether oxygens (including phenoxy) is 1. The van der Waals surface area contributed by atoms with Crippen LogP contribution in [0.4, 0.5) is 0 Å². The van der Waals surface area contributed by atoms with Gasteiger partial charge in [-0.25, -0.2) is 0 Å². The van der Waals surface area contributed by atoms with Crippen LogP contribution in [0, 0.1) is 11.8 Å². The second kappa shape index (κ2) is 2.60. The van der Waals surface area contributed by atoms with E-state index in [1.807, 2.05) is 0 Å². The van der Waals surface area contributed by atoms with Crippen molar-refractivity contribution in [2.45, 2.75) is 33.3 Å². The van der Waals surface area contributed by atoms with Gasteiger partial charge in [-0.15, -0.1) is 0 Å². The van der Waals surface area contributed by atoms with E-state index in [0.29, 0.717) is 18.3 Å². The smallest absolute Gasteiger partial charge is 0.306 e. The number of carbonyl (C=O) groups is 1. The van der Waals surface area contributed by atoms with Crippen molar-refractivity contribution < 1.29 is 9.53 Å². The Hall–Kier alpha value is -0.530. The summed E-state index contributed by atoms with van der Waals surface area (Å²) >= 11 is 0. The van der Waals surface area contributed by atoms with E-state index >= 15 is 0 Å². The normalized spacial score (nSPS) is 33.0. The van der Waals surface area contributed by atoms with Gasteiger partial charge in [0.25, 0.3) is 0 Å². The van der Waals surface area contributed by atoms with Crippen molar-refractivity contribution in [2.24, 2.45) is 11.8 Å². The first-order chi connectivity index (χ1) is 4.61. The molecule has 0 radical (unpaired) electrons. The molecule has 1 saturated heterocycles. The Bertz CT molecular complexity index is 140. The number of rotatable bonds is 1. The highest BCUT2D eigenvalue weighted by atomic mass is 16.6. The highest BCUT2D eigenvalue weighted by molar-refractivity contribution is 5.72. The van der Waals surface area contributed by atoms with E-state index in [0.717, 1.165) is 0 Å². The lowest BCUT2D eigenvalue weighted by Gasteiger charge is -2.16. The fraction of sp³-hybridized carbons (Fsp3) is 0.875. The summed E-state index contributed by atoms with van der Waals surface area (Å²) in [6, 6.07) is 0. The number of cyclic esters (lactones) is 1. The van der Waals surface area contributed by atoms with Crippen molar-refractivity contribution in [3.05, 3.63) is 0 Å². The van der Waals surface area contributed by atoms with E-state index < -0.39 is 0 Å². The Kier molecular flexibility index (Phi) is 1.97. The van der Waals surface area contributed by atoms with Crippen molar-refractivity contribution in [3.63, 3.8) is 0 Å². The Labute approximate surface area is 61.6 Å². The van der Waals surface area contributed by atoms with Gasteiger partial charge in [-0.3, -0.25) is 4.79 Å². The molecule has 0 bridgehead atoms. The molecule has 10 heavy (non-hydrogen) atoms. The summed E-state index contributed by atoms with van der Waals surface area (Å²) in [5.41, 5.74) is 0. The lowest BCUT2D eigenvalue weighted by atomic mass is 9.95. The summed E-state index contributed by atoms with van der Waals surface area (Å²) in [5.74, 6) is 0.833. The van der Waals surface area contributed by atoms with E-state index in [4.69, 9.17) is 4.74 Å². The van der Waals surface area contributed by atoms with Gasteiger partial charge in [0.15, 0.2) is 0 Å². The minimum atomic E-state index is -0.0359. The minimum absolute atomic E-state index is 0.0359. The van der Waals surface area contributed by atoms with Crippen molar-refractivity contribution >= 4 is 5.97 Å². The van der Waals surface area contributed by atoms with Crippen molar-refractivity contribution in [2.75, 3.05) is 0 Å². The fourth-order valence-corrected chi connectivity index (χ4v) is 1.49. The van der Waals surface area contributed by atoms with E-state index in [1.165, 1.54) is 0 Å². The minimum Gasteiger partial charge on any atom is -0.462 e. The molecule has 1 heterocycles. The first kappa shape index (κ1) is 7.58. The second-order valence-corrected chi connectivity index (χ2v) is 3.38. The molecule has 0 saturated carbocycles. The molecular weight excluding hydrogens is 128 g/mol. The largest absolute Gasteiger partial charge is 0.462 e. The molecule has 1 rings (SSSR count). The maximum atomic E-state index is 10.7. The second-order valence-electron chi connectivity index (χ2n) is 3.38. The number of hydrogen-bond donors (Lipinski definition) is 0. The lowest BCUT2D eigenvalue weighted by Crippen LogP contribution is -2.20. The zero-order valence-corrected chi connectivity index (χ0v) is 6.76. The predicted octanol–water partition coefficient (Wildman–Crippen LogP) is 1.59. The molecule has 1 fully saturated rings. The van der Waals surface area contributed by atoms with Crippen LogP contribution in [0.1, 0.15) is 27.2 Å². The van der Waals surface area contributed by atoms with E-state index in [2.05, 4.69) is 20.8 Å². The highest BCUT2D eigenvalue weighted by Gasteiger charge is 2.33. The summed E-state index contributed by atoms with van der Waals surface area (Å²) in [7, 11) is 0. The summed E-state index contributed by atoms with van der Waals surface area (Å²) in [5, 5.41) is 0. The Balaban J connectivity index is 2.54. The molecule has 58 valence electrons. The third-order valence-electron chi connectivity index (χ3n) is 1.97. The number of esters is 1. The van der Waals surface area contributed by atoms with E-state index in [9.17, 15) is 4.79 Å². The molecule has 0 aliphatic carbocycles. The van der Waals surface area contributed by atoms with Gasteiger partial charge in [0.1, 0.15) is 6.10 Å². The topological polar surface area (TPSA) is 26.3 Å². The lowest BCUT2D eigenvalue weighted by molar-refractivity contribution is -0.143. The molecule has 2 nitrogen and oxygen atoms in total. The van der Waals surface area contributed by atoms with Gasteiger partial charge in [-0.2, -0.15) is 0 Å². The van der Waals surface area contributed by atoms with Gasteiger partial charge in [-0.05, 0) is 5.92 Å². The molecule has 2 heteroatoms. The van der Waals surface area contributed by atoms with Crippen LogP contribution < -0.4 is 0 Å². The van der Waals surface area contributed by atoms with Gasteiger partial charge < -0.3 is 4.74 Å². The van der Waals surface area contributed by atoms with Gasteiger partial charge in [0, 0.05) is 5.92 Å². The van der Waals surface area contributed by atoms with Crippen LogP contribution in [-0.2, 0) is 9.53 Å². The first-order valence-corrected chi connectivity index (χ1v) is 3.80. The summed E-state index contributed by atoms with van der Waals surface area (Å²) in [4.78, 5) is 10.7. The van der Waals surface area contributed by atoms with Gasteiger partial charge in [-0.1, -0.05) is 20.8 Å². The quantitative estimate of drug-likeness (QED) is 0.520. The average molecular weight is 142 g/mol. The average Bonchev–Trinajstić information content (AvgIpc) is 2.10. The third-order valence-corrected chi connectivity index (χ3v) is 1.97. The van der Waals surface area contributed by atoms with Gasteiger partial charge in [0.2, 0.25) is 0 Å². The molecule has 0 amide bonds. The molecular formula is C8H14O2. The fourth-order valence-electron chi connectivity index (χ4n) is 1.49. The van der Waals surface area contributed by atoms with Crippen LogP contribution in [0.5, 0.6) is 0 Å². The standard InChI is InChI=1S/C8H14O2/c1-5(2)8-6(3)4-7(9)10-8/h5-6,8H,4H2,1-3H3/t6-,8-/m1/s1. The zero-order chi connectivity index (χ0) is 7.72. The summed E-state index contributed by atoms with van der Waals surface area (Å²) in [6.07, 6.45) is 0.760. The summed E-state index contributed by atoms with van der Waals surface area (Å²) < 4.78 is 5.10. The third kappa shape index (κ3) is 1.31. The molecule has 0 N–H and O–H groups in total. The van der Waals surface area contributed by atoms with Crippen molar-refractivity contribution in [3.8, 4) is 0 Å². The van der Waals surface area contributed by atoms with Crippen LogP contribution in [0.25, 0.3) is 0 Å². The summed E-state index contributed by atoms with van der Waals surface area (Å²) in [6.45, 7) is 6.23. The van der Waals surface area contributed by atoms with Crippen LogP contribution in [0.3, 0.4) is 0 Å². The monoisotopic (exact) mass is 142 g/mol. The van der Waals surface area contributed by atoms with Crippen LogP contribution in [-0.4, -0.2) is 12.1 Å². The molecule has 0 aromatic carbocycles. The highest BCUT2D eigenvalue weighted by Crippen LogP contribution is 2.26. The Morgan fingerprint density at radius 2 is 2.20 bits per heavy atom.